The van der Waals surface area contributed by atoms with E-state index in [1.165, 1.54) is 96.3 Å². The van der Waals surface area contributed by atoms with E-state index in [0.717, 1.165) is 25.7 Å². The van der Waals surface area contributed by atoms with Crippen molar-refractivity contribution in [3.05, 3.63) is 0 Å². The Hall–Kier alpha value is -0.330. The molecule has 0 saturated heterocycles. The van der Waals surface area contributed by atoms with Gasteiger partial charge in [-0.2, -0.15) is 0 Å². The van der Waals surface area contributed by atoms with Gasteiger partial charge in [0.05, 0.1) is 0 Å². The molecule has 0 aliphatic carbocycles. The maximum Gasteiger partial charge on any atom is 0.138 e. The quantitative estimate of drug-likeness (QED) is 0.196. The number of ketones is 1. The number of rotatable bonds is 20. The zero-order valence-electron chi connectivity index (χ0n) is 18.8. The number of hydrogen-bond donors (Lipinski definition) is 0. The molecule has 0 heterocycles. The topological polar surface area (TPSA) is 17.1 Å². The molecule has 1 unspecified atom stereocenters. The Bertz CT molecular complexity index is 309. The van der Waals surface area contributed by atoms with Crippen LogP contribution in [0.2, 0.25) is 0 Å². The fraction of sp³-hybridized carbons (Fsp3) is 0.960. The van der Waals surface area contributed by atoms with Gasteiger partial charge in [0.2, 0.25) is 0 Å². The summed E-state index contributed by atoms with van der Waals surface area (Å²) in [6, 6.07) is 0. The predicted molar refractivity (Wildman–Crippen MR) is 118 cm³/mol. The van der Waals surface area contributed by atoms with Crippen molar-refractivity contribution < 1.29 is 4.79 Å². The zero-order chi connectivity index (χ0) is 19.5. The minimum Gasteiger partial charge on any atom is -0.299 e. The van der Waals surface area contributed by atoms with E-state index in [0.29, 0.717) is 5.78 Å². The van der Waals surface area contributed by atoms with Crippen molar-refractivity contribution >= 4 is 5.78 Å². The van der Waals surface area contributed by atoms with E-state index in [-0.39, 0.29) is 5.41 Å². The molecule has 156 valence electrons. The predicted octanol–water partition coefficient (Wildman–Crippen LogP) is 9.03. The second-order valence-corrected chi connectivity index (χ2v) is 8.79. The van der Waals surface area contributed by atoms with Gasteiger partial charge in [-0.05, 0) is 19.3 Å². The van der Waals surface area contributed by atoms with Crippen molar-refractivity contribution in [3.63, 3.8) is 0 Å². The first-order chi connectivity index (χ1) is 12.6. The van der Waals surface area contributed by atoms with Crippen LogP contribution in [-0.2, 0) is 4.79 Å². The number of Topliss-reactive ketones (excluding diaryl/α,β-unsaturated/α-hetero) is 1. The van der Waals surface area contributed by atoms with E-state index in [1.807, 2.05) is 0 Å². The molecule has 0 amide bonds. The van der Waals surface area contributed by atoms with E-state index in [2.05, 4.69) is 27.7 Å². The maximum atomic E-state index is 12.6. The first-order valence-electron chi connectivity index (χ1n) is 12.1. The summed E-state index contributed by atoms with van der Waals surface area (Å²) in [6.45, 7) is 8.93. The van der Waals surface area contributed by atoms with Crippen LogP contribution in [-0.4, -0.2) is 5.78 Å². The van der Waals surface area contributed by atoms with Crippen molar-refractivity contribution in [1.29, 1.82) is 0 Å². The van der Waals surface area contributed by atoms with Crippen LogP contribution < -0.4 is 0 Å². The Balaban J connectivity index is 3.62. The van der Waals surface area contributed by atoms with Gasteiger partial charge in [0.1, 0.15) is 5.78 Å². The van der Waals surface area contributed by atoms with Crippen LogP contribution in [0.5, 0.6) is 0 Å². The molecule has 0 N–H and O–H groups in total. The first-order valence-corrected chi connectivity index (χ1v) is 12.1. The van der Waals surface area contributed by atoms with E-state index in [4.69, 9.17) is 0 Å². The van der Waals surface area contributed by atoms with Gasteiger partial charge in [0.25, 0.3) is 0 Å². The number of carbonyl (C=O) groups excluding carboxylic acids is 1. The summed E-state index contributed by atoms with van der Waals surface area (Å²) in [5, 5.41) is 0. The average molecular weight is 367 g/mol. The smallest absolute Gasteiger partial charge is 0.138 e. The van der Waals surface area contributed by atoms with Crippen molar-refractivity contribution in [2.24, 2.45) is 5.41 Å². The van der Waals surface area contributed by atoms with Crippen LogP contribution in [0.1, 0.15) is 150 Å². The molecule has 0 aromatic heterocycles. The lowest BCUT2D eigenvalue weighted by atomic mass is 9.76. The third-order valence-corrected chi connectivity index (χ3v) is 6.29. The summed E-state index contributed by atoms with van der Waals surface area (Å²) in [4.78, 5) is 12.6. The molecular formula is C25H50O. The summed E-state index contributed by atoms with van der Waals surface area (Å²) in [5.41, 5.74) is -0.0509. The van der Waals surface area contributed by atoms with Gasteiger partial charge in [-0.15, -0.1) is 0 Å². The van der Waals surface area contributed by atoms with E-state index in [9.17, 15) is 4.79 Å². The fourth-order valence-corrected chi connectivity index (χ4v) is 3.88. The first kappa shape index (κ1) is 25.7. The molecule has 0 bridgehead atoms. The number of hydrogen-bond acceptors (Lipinski definition) is 1. The van der Waals surface area contributed by atoms with Crippen LogP contribution in [0.15, 0.2) is 0 Å². The Morgan fingerprint density at radius 2 is 0.962 bits per heavy atom. The molecule has 0 rings (SSSR count). The monoisotopic (exact) mass is 366 g/mol. The van der Waals surface area contributed by atoms with Crippen molar-refractivity contribution in [1.82, 2.24) is 0 Å². The molecule has 1 heteroatoms. The Morgan fingerprint density at radius 1 is 0.577 bits per heavy atom. The van der Waals surface area contributed by atoms with Crippen LogP contribution in [0, 0.1) is 5.41 Å². The summed E-state index contributed by atoms with van der Waals surface area (Å²) in [7, 11) is 0. The van der Waals surface area contributed by atoms with Crippen molar-refractivity contribution in [2.75, 3.05) is 0 Å². The SMILES string of the molecule is CCCCCCCCCCCCCCC(C)(CC)C(=O)CCCCCC. The second kappa shape index (κ2) is 18.1. The van der Waals surface area contributed by atoms with Gasteiger partial charge in [-0.1, -0.05) is 124 Å². The molecule has 0 aromatic rings. The van der Waals surface area contributed by atoms with E-state index >= 15 is 0 Å². The highest BCUT2D eigenvalue weighted by atomic mass is 16.1. The summed E-state index contributed by atoms with van der Waals surface area (Å²) < 4.78 is 0. The fourth-order valence-electron chi connectivity index (χ4n) is 3.88. The molecule has 0 fully saturated rings. The summed E-state index contributed by atoms with van der Waals surface area (Å²) in [5.74, 6) is 0.527. The average Bonchev–Trinajstić information content (AvgIpc) is 2.65. The molecule has 1 atom stereocenters. The van der Waals surface area contributed by atoms with Gasteiger partial charge < -0.3 is 0 Å². The molecule has 1 nitrogen and oxygen atoms in total. The van der Waals surface area contributed by atoms with Crippen LogP contribution >= 0.6 is 0 Å². The number of unbranched alkanes of at least 4 members (excludes halogenated alkanes) is 14. The summed E-state index contributed by atoms with van der Waals surface area (Å²) >= 11 is 0. The van der Waals surface area contributed by atoms with Crippen LogP contribution in [0.3, 0.4) is 0 Å². The van der Waals surface area contributed by atoms with Crippen LogP contribution in [0.25, 0.3) is 0 Å². The lowest BCUT2D eigenvalue weighted by Gasteiger charge is -2.27. The zero-order valence-corrected chi connectivity index (χ0v) is 18.8. The third-order valence-electron chi connectivity index (χ3n) is 6.29. The minimum atomic E-state index is -0.0509. The van der Waals surface area contributed by atoms with Crippen molar-refractivity contribution in [2.45, 2.75) is 150 Å². The molecule has 0 aliphatic rings. The molecule has 0 aromatic carbocycles. The Kier molecular flexibility index (Phi) is 17.8. The van der Waals surface area contributed by atoms with Gasteiger partial charge in [-0.3, -0.25) is 4.79 Å². The molecule has 0 saturated carbocycles. The van der Waals surface area contributed by atoms with Gasteiger partial charge in [0, 0.05) is 11.8 Å². The highest BCUT2D eigenvalue weighted by Crippen LogP contribution is 2.32. The van der Waals surface area contributed by atoms with Gasteiger partial charge >= 0.3 is 0 Å². The molecule has 0 aliphatic heterocycles. The van der Waals surface area contributed by atoms with E-state index in [1.54, 1.807) is 0 Å². The molecule has 0 radical (unpaired) electrons. The highest BCUT2D eigenvalue weighted by molar-refractivity contribution is 5.84. The molecule has 26 heavy (non-hydrogen) atoms. The standard InChI is InChI=1S/C25H50O/c1-5-8-10-12-13-14-15-16-17-18-19-21-23-25(4,7-3)24(26)22-20-11-9-6-2/h5-23H2,1-4H3. The summed E-state index contributed by atoms with van der Waals surface area (Å²) in [6.07, 6.45) is 24.4. The van der Waals surface area contributed by atoms with Gasteiger partial charge in [-0.25, -0.2) is 0 Å². The Morgan fingerprint density at radius 3 is 1.38 bits per heavy atom. The third kappa shape index (κ3) is 13.8. The largest absolute Gasteiger partial charge is 0.299 e. The minimum absolute atomic E-state index is 0.0509. The lowest BCUT2D eigenvalue weighted by molar-refractivity contribution is -0.128. The molecular weight excluding hydrogens is 316 g/mol. The Labute approximate surface area is 166 Å². The van der Waals surface area contributed by atoms with Gasteiger partial charge in [0.15, 0.2) is 0 Å². The normalized spacial score (nSPS) is 13.7. The second-order valence-electron chi connectivity index (χ2n) is 8.79. The van der Waals surface area contributed by atoms with E-state index < -0.39 is 0 Å². The number of carbonyl (C=O) groups is 1. The molecule has 0 spiro atoms. The van der Waals surface area contributed by atoms with Crippen LogP contribution in [0.4, 0.5) is 0 Å². The van der Waals surface area contributed by atoms with Crippen molar-refractivity contribution in [3.8, 4) is 0 Å². The highest BCUT2D eigenvalue weighted by Gasteiger charge is 2.29. The lowest BCUT2D eigenvalue weighted by Crippen LogP contribution is -2.27. The maximum absolute atomic E-state index is 12.6.